The van der Waals surface area contributed by atoms with Gasteiger partial charge in [-0.3, -0.25) is 4.79 Å². The van der Waals surface area contributed by atoms with Crippen molar-refractivity contribution in [1.29, 1.82) is 0 Å². The van der Waals surface area contributed by atoms with Crippen LogP contribution < -0.4 is 15.4 Å². The van der Waals surface area contributed by atoms with Crippen molar-refractivity contribution in [2.45, 2.75) is 20.3 Å². The van der Waals surface area contributed by atoms with E-state index in [1.807, 2.05) is 26.0 Å². The first kappa shape index (κ1) is 13.5. The first-order chi connectivity index (χ1) is 8.02. The highest BCUT2D eigenvalue weighted by atomic mass is 16.5. The second kappa shape index (κ2) is 5.68. The summed E-state index contributed by atoms with van der Waals surface area (Å²) < 4.78 is 5.25. The van der Waals surface area contributed by atoms with Crippen molar-refractivity contribution in [3.63, 3.8) is 0 Å². The van der Waals surface area contributed by atoms with Crippen LogP contribution in [0.25, 0.3) is 0 Å². The number of hydrogen-bond acceptors (Lipinski definition) is 3. The molecule has 4 nitrogen and oxygen atoms in total. The van der Waals surface area contributed by atoms with Gasteiger partial charge in [0, 0.05) is 25.7 Å². The van der Waals surface area contributed by atoms with Gasteiger partial charge in [-0.05, 0) is 37.1 Å². The minimum Gasteiger partial charge on any atom is -0.496 e. The summed E-state index contributed by atoms with van der Waals surface area (Å²) in [6.07, 6.45) is 0.362. The Labute approximate surface area is 102 Å². The fourth-order valence-corrected chi connectivity index (χ4v) is 1.79. The number of methoxy groups -OCH3 is 1. The lowest BCUT2D eigenvalue weighted by atomic mass is 10.1. The number of nitrogens with zero attached hydrogens (tertiary/aromatic N) is 1. The minimum absolute atomic E-state index is 0.0279. The lowest BCUT2D eigenvalue weighted by Gasteiger charge is -2.21. The zero-order chi connectivity index (χ0) is 13.0. The first-order valence-electron chi connectivity index (χ1n) is 5.63. The van der Waals surface area contributed by atoms with Gasteiger partial charge in [0.25, 0.3) is 0 Å². The Morgan fingerprint density at radius 2 is 2.00 bits per heavy atom. The number of carbonyl (C=O) groups excluding carboxylic acids is 1. The van der Waals surface area contributed by atoms with Crippen molar-refractivity contribution in [2.24, 2.45) is 5.73 Å². The van der Waals surface area contributed by atoms with Crippen LogP contribution in [0.3, 0.4) is 0 Å². The van der Waals surface area contributed by atoms with Gasteiger partial charge in [-0.2, -0.15) is 0 Å². The third-order valence-electron chi connectivity index (χ3n) is 3.02. The third-order valence-corrected chi connectivity index (χ3v) is 3.02. The smallest absolute Gasteiger partial charge is 0.227 e. The molecule has 1 aromatic carbocycles. The molecule has 0 fully saturated rings. The van der Waals surface area contributed by atoms with E-state index < -0.39 is 0 Å². The Balaban J connectivity index is 3.07. The number of hydrogen-bond donors (Lipinski definition) is 1. The van der Waals surface area contributed by atoms with Crippen LogP contribution in [0.2, 0.25) is 0 Å². The zero-order valence-electron chi connectivity index (χ0n) is 10.9. The first-order valence-corrected chi connectivity index (χ1v) is 5.63. The Hall–Kier alpha value is -1.55. The Bertz CT molecular complexity index is 416. The normalized spacial score (nSPS) is 10.2. The van der Waals surface area contributed by atoms with Gasteiger partial charge in [0.1, 0.15) is 5.75 Å². The molecule has 0 aliphatic carbocycles. The van der Waals surface area contributed by atoms with Crippen molar-refractivity contribution < 1.29 is 9.53 Å². The topological polar surface area (TPSA) is 55.6 Å². The molecule has 1 rings (SSSR count). The average Bonchev–Trinajstić information content (AvgIpc) is 2.32. The summed E-state index contributed by atoms with van der Waals surface area (Å²) in [7, 11) is 3.41. The summed E-state index contributed by atoms with van der Waals surface area (Å²) in [6, 6.07) is 3.78. The van der Waals surface area contributed by atoms with Gasteiger partial charge in [-0.25, -0.2) is 0 Å². The number of ether oxygens (including phenoxy) is 1. The van der Waals surface area contributed by atoms with Crippen LogP contribution in [-0.4, -0.2) is 26.6 Å². The van der Waals surface area contributed by atoms with Crippen molar-refractivity contribution in [1.82, 2.24) is 0 Å². The highest BCUT2D eigenvalue weighted by Crippen LogP contribution is 2.29. The van der Waals surface area contributed by atoms with E-state index in [9.17, 15) is 4.79 Å². The highest BCUT2D eigenvalue weighted by Gasteiger charge is 2.14. The molecule has 2 N–H and O–H groups in total. The van der Waals surface area contributed by atoms with Gasteiger partial charge in [-0.15, -0.1) is 0 Å². The van der Waals surface area contributed by atoms with Crippen LogP contribution >= 0.6 is 0 Å². The van der Waals surface area contributed by atoms with Crippen molar-refractivity contribution in [3.8, 4) is 5.75 Å². The lowest BCUT2D eigenvalue weighted by Crippen LogP contribution is -2.28. The Kier molecular flexibility index (Phi) is 4.52. The second-order valence-electron chi connectivity index (χ2n) is 4.03. The zero-order valence-corrected chi connectivity index (χ0v) is 10.9. The predicted molar refractivity (Wildman–Crippen MR) is 69.5 cm³/mol. The van der Waals surface area contributed by atoms with E-state index >= 15 is 0 Å². The van der Waals surface area contributed by atoms with Crippen LogP contribution in [-0.2, 0) is 4.79 Å². The van der Waals surface area contributed by atoms with Crippen molar-refractivity contribution >= 4 is 11.6 Å². The number of amides is 1. The van der Waals surface area contributed by atoms with Gasteiger partial charge >= 0.3 is 0 Å². The molecule has 1 amide bonds. The number of anilines is 1. The summed E-state index contributed by atoms with van der Waals surface area (Å²) in [5.41, 5.74) is 8.40. The average molecular weight is 236 g/mol. The van der Waals surface area contributed by atoms with Gasteiger partial charge in [-0.1, -0.05) is 0 Å². The fourth-order valence-electron chi connectivity index (χ4n) is 1.79. The van der Waals surface area contributed by atoms with Gasteiger partial charge < -0.3 is 15.4 Å². The van der Waals surface area contributed by atoms with E-state index in [0.29, 0.717) is 13.0 Å². The maximum absolute atomic E-state index is 11.8. The van der Waals surface area contributed by atoms with Gasteiger partial charge in [0.15, 0.2) is 0 Å². The number of nitrogens with two attached hydrogens (primary N) is 1. The summed E-state index contributed by atoms with van der Waals surface area (Å²) in [4.78, 5) is 13.4. The molecule has 0 spiro atoms. The SMILES string of the molecule is COc1ccc(N(C)C(=O)CCN)c(C)c1C. The van der Waals surface area contributed by atoms with E-state index in [1.54, 1.807) is 19.1 Å². The molecule has 0 aliphatic heterocycles. The number of rotatable bonds is 4. The molecule has 1 aromatic rings. The number of carbonyl (C=O) groups is 1. The monoisotopic (exact) mass is 236 g/mol. The van der Waals surface area contributed by atoms with E-state index in [-0.39, 0.29) is 5.91 Å². The van der Waals surface area contributed by atoms with E-state index in [1.165, 1.54) is 0 Å². The molecule has 4 heteroatoms. The summed E-state index contributed by atoms with van der Waals surface area (Å²) in [6.45, 7) is 4.34. The molecular weight excluding hydrogens is 216 g/mol. The molecule has 0 bridgehead atoms. The molecule has 94 valence electrons. The molecule has 0 saturated heterocycles. The van der Waals surface area contributed by atoms with Crippen molar-refractivity contribution in [3.05, 3.63) is 23.3 Å². The van der Waals surface area contributed by atoms with E-state index in [4.69, 9.17) is 10.5 Å². The Morgan fingerprint density at radius 1 is 1.35 bits per heavy atom. The molecule has 0 radical (unpaired) electrons. The van der Waals surface area contributed by atoms with Crippen LogP contribution in [0.5, 0.6) is 5.75 Å². The maximum Gasteiger partial charge on any atom is 0.227 e. The largest absolute Gasteiger partial charge is 0.496 e. The number of benzene rings is 1. The van der Waals surface area contributed by atoms with Crippen LogP contribution in [0, 0.1) is 13.8 Å². The molecule has 0 aliphatic rings. The second-order valence-corrected chi connectivity index (χ2v) is 4.03. The van der Waals surface area contributed by atoms with Crippen LogP contribution in [0.15, 0.2) is 12.1 Å². The third kappa shape index (κ3) is 2.77. The van der Waals surface area contributed by atoms with Crippen molar-refractivity contribution in [2.75, 3.05) is 25.6 Å². The molecule has 0 heterocycles. The van der Waals surface area contributed by atoms with Crippen LogP contribution in [0.4, 0.5) is 5.69 Å². The van der Waals surface area contributed by atoms with E-state index in [0.717, 1.165) is 22.6 Å². The molecular formula is C13H20N2O2. The lowest BCUT2D eigenvalue weighted by molar-refractivity contribution is -0.118. The van der Waals surface area contributed by atoms with Gasteiger partial charge in [0.2, 0.25) is 5.91 Å². The summed E-state index contributed by atoms with van der Waals surface area (Å²) >= 11 is 0. The van der Waals surface area contributed by atoms with Gasteiger partial charge in [0.05, 0.1) is 7.11 Å². The Morgan fingerprint density at radius 3 is 2.53 bits per heavy atom. The molecule has 0 unspecified atom stereocenters. The molecule has 0 atom stereocenters. The minimum atomic E-state index is 0.0279. The van der Waals surface area contributed by atoms with E-state index in [2.05, 4.69) is 0 Å². The fraction of sp³-hybridized carbons (Fsp3) is 0.462. The van der Waals surface area contributed by atoms with Crippen LogP contribution in [0.1, 0.15) is 17.5 Å². The standard InChI is InChI=1S/C13H20N2O2/c1-9-10(2)12(17-4)6-5-11(9)15(3)13(16)7-8-14/h5-6H,7-8,14H2,1-4H3. The maximum atomic E-state index is 11.8. The molecule has 0 saturated carbocycles. The summed E-state index contributed by atoms with van der Waals surface area (Å²) in [5, 5.41) is 0. The highest BCUT2D eigenvalue weighted by molar-refractivity contribution is 5.94. The molecule has 17 heavy (non-hydrogen) atoms. The quantitative estimate of drug-likeness (QED) is 0.864. The molecule has 0 aromatic heterocycles. The summed E-state index contributed by atoms with van der Waals surface area (Å²) in [5.74, 6) is 0.867. The predicted octanol–water partition coefficient (Wildman–Crippen LogP) is 1.62.